The summed E-state index contributed by atoms with van der Waals surface area (Å²) in [6, 6.07) is 22.7. The highest BCUT2D eigenvalue weighted by molar-refractivity contribution is 8.02. The number of benzene rings is 3. The lowest BCUT2D eigenvalue weighted by Gasteiger charge is -2.25. The molecule has 0 spiro atoms. The zero-order chi connectivity index (χ0) is 19.5. The minimum Gasteiger partial charge on any atom is -0.320 e. The van der Waals surface area contributed by atoms with Gasteiger partial charge in [-0.1, -0.05) is 54.6 Å². The molecule has 1 amide bonds. The van der Waals surface area contributed by atoms with Crippen LogP contribution in [0.1, 0.15) is 23.5 Å². The highest BCUT2D eigenvalue weighted by Crippen LogP contribution is 2.37. The van der Waals surface area contributed by atoms with Gasteiger partial charge in [0.25, 0.3) is 0 Å². The SMILES string of the molecule is N#CC1=C(SCc2ccc3ccccc3c2)NC(=O)C[C@@H]1c1ccc(F)cc1. The Hall–Kier alpha value is -3.10. The minimum absolute atomic E-state index is 0.130. The second-order valence-corrected chi connectivity index (χ2v) is 7.67. The lowest BCUT2D eigenvalue weighted by atomic mass is 9.87. The van der Waals surface area contributed by atoms with Crippen LogP contribution < -0.4 is 5.32 Å². The highest BCUT2D eigenvalue weighted by atomic mass is 32.2. The first-order valence-corrected chi connectivity index (χ1v) is 9.92. The molecule has 0 saturated heterocycles. The number of thioether (sulfide) groups is 1. The van der Waals surface area contributed by atoms with Gasteiger partial charge in [-0.3, -0.25) is 4.79 Å². The fourth-order valence-corrected chi connectivity index (χ4v) is 4.42. The molecule has 1 heterocycles. The number of fused-ring (bicyclic) bond motifs is 1. The molecule has 1 atom stereocenters. The summed E-state index contributed by atoms with van der Waals surface area (Å²) in [4.78, 5) is 12.2. The predicted octanol–water partition coefficient (Wildman–Crippen LogP) is 5.25. The van der Waals surface area contributed by atoms with Gasteiger partial charge in [0.15, 0.2) is 0 Å². The third-order valence-corrected chi connectivity index (χ3v) is 5.91. The molecule has 3 nitrogen and oxygen atoms in total. The summed E-state index contributed by atoms with van der Waals surface area (Å²) >= 11 is 1.45. The van der Waals surface area contributed by atoms with Gasteiger partial charge in [0.05, 0.1) is 16.7 Å². The van der Waals surface area contributed by atoms with Crippen molar-refractivity contribution in [1.82, 2.24) is 5.32 Å². The van der Waals surface area contributed by atoms with Crippen molar-refractivity contribution in [2.75, 3.05) is 0 Å². The molecule has 28 heavy (non-hydrogen) atoms. The van der Waals surface area contributed by atoms with Crippen LogP contribution in [-0.2, 0) is 10.5 Å². The van der Waals surface area contributed by atoms with E-state index in [-0.39, 0.29) is 24.1 Å². The van der Waals surface area contributed by atoms with Crippen molar-refractivity contribution in [2.45, 2.75) is 18.1 Å². The fraction of sp³-hybridized carbons (Fsp3) is 0.130. The van der Waals surface area contributed by atoms with Crippen molar-refractivity contribution in [3.63, 3.8) is 0 Å². The number of amides is 1. The van der Waals surface area contributed by atoms with Crippen LogP contribution in [0, 0.1) is 17.1 Å². The van der Waals surface area contributed by atoms with E-state index in [1.54, 1.807) is 12.1 Å². The lowest BCUT2D eigenvalue weighted by Crippen LogP contribution is -2.30. The normalized spacial score (nSPS) is 16.7. The van der Waals surface area contributed by atoms with Gasteiger partial charge >= 0.3 is 0 Å². The van der Waals surface area contributed by atoms with Crippen LogP contribution in [0.2, 0.25) is 0 Å². The van der Waals surface area contributed by atoms with Crippen molar-refractivity contribution >= 4 is 28.4 Å². The van der Waals surface area contributed by atoms with E-state index in [1.165, 1.54) is 29.3 Å². The Labute approximate surface area is 166 Å². The summed E-state index contributed by atoms with van der Waals surface area (Å²) in [6.07, 6.45) is 0.189. The third-order valence-electron chi connectivity index (χ3n) is 4.83. The molecule has 4 rings (SSSR count). The van der Waals surface area contributed by atoms with Crippen LogP contribution in [0.4, 0.5) is 4.39 Å². The Morgan fingerprint density at radius 2 is 1.82 bits per heavy atom. The number of carbonyl (C=O) groups excluding carboxylic acids is 1. The summed E-state index contributed by atoms with van der Waals surface area (Å²) in [5.74, 6) is -0.174. The molecule has 0 unspecified atom stereocenters. The largest absolute Gasteiger partial charge is 0.320 e. The van der Waals surface area contributed by atoms with Crippen molar-refractivity contribution in [3.8, 4) is 6.07 Å². The van der Waals surface area contributed by atoms with Gasteiger partial charge in [-0.05, 0) is 34.0 Å². The first-order valence-electron chi connectivity index (χ1n) is 8.94. The molecule has 1 N–H and O–H groups in total. The molecule has 0 aromatic heterocycles. The van der Waals surface area contributed by atoms with Gasteiger partial charge in [0, 0.05) is 18.1 Å². The maximum Gasteiger partial charge on any atom is 0.225 e. The maximum atomic E-state index is 13.2. The molecule has 138 valence electrons. The highest BCUT2D eigenvalue weighted by Gasteiger charge is 2.29. The van der Waals surface area contributed by atoms with E-state index in [1.807, 2.05) is 12.1 Å². The van der Waals surface area contributed by atoms with Gasteiger partial charge in [0.2, 0.25) is 5.91 Å². The van der Waals surface area contributed by atoms with Crippen LogP contribution in [0.15, 0.2) is 77.3 Å². The van der Waals surface area contributed by atoms with E-state index in [0.29, 0.717) is 16.4 Å². The summed E-state index contributed by atoms with van der Waals surface area (Å²) in [5, 5.41) is 15.5. The summed E-state index contributed by atoms with van der Waals surface area (Å²) in [5.41, 5.74) is 2.42. The van der Waals surface area contributed by atoms with Crippen LogP contribution >= 0.6 is 11.8 Å². The number of rotatable bonds is 4. The van der Waals surface area contributed by atoms with Crippen LogP contribution in [0.25, 0.3) is 10.8 Å². The first-order chi connectivity index (χ1) is 13.6. The van der Waals surface area contributed by atoms with Crippen molar-refractivity contribution in [1.29, 1.82) is 5.26 Å². The zero-order valence-electron chi connectivity index (χ0n) is 15.0. The van der Waals surface area contributed by atoms with E-state index < -0.39 is 0 Å². The molecule has 3 aromatic rings. The third kappa shape index (κ3) is 3.78. The Morgan fingerprint density at radius 1 is 1.07 bits per heavy atom. The van der Waals surface area contributed by atoms with E-state index in [0.717, 1.165) is 16.5 Å². The molecule has 0 aliphatic carbocycles. The molecule has 0 fully saturated rings. The number of nitrogens with one attached hydrogen (secondary N) is 1. The smallest absolute Gasteiger partial charge is 0.225 e. The average molecular weight is 388 g/mol. The number of hydrogen-bond acceptors (Lipinski definition) is 3. The standard InChI is InChI=1S/C23H17FN2OS/c24-19-9-7-17(8-10-19)20-12-22(27)26-23(21(20)13-25)28-14-15-5-6-16-3-1-2-4-18(16)11-15/h1-11,20H,12,14H2,(H,26,27)/t20-/m1/s1. The van der Waals surface area contributed by atoms with E-state index in [9.17, 15) is 14.4 Å². The first kappa shape index (κ1) is 18.3. The van der Waals surface area contributed by atoms with E-state index in [2.05, 4.69) is 41.7 Å². The summed E-state index contributed by atoms with van der Waals surface area (Å²) < 4.78 is 13.2. The minimum atomic E-state index is -0.349. The number of hydrogen-bond donors (Lipinski definition) is 1. The Balaban J connectivity index is 1.60. The number of allylic oxidation sites excluding steroid dienone is 1. The predicted molar refractivity (Wildman–Crippen MR) is 110 cm³/mol. The number of carbonyl (C=O) groups is 1. The zero-order valence-corrected chi connectivity index (χ0v) is 15.8. The molecule has 0 bridgehead atoms. The molecule has 0 saturated carbocycles. The number of nitrogens with zero attached hydrogens (tertiary/aromatic N) is 1. The summed E-state index contributed by atoms with van der Waals surface area (Å²) in [7, 11) is 0. The van der Waals surface area contributed by atoms with Crippen molar-refractivity contribution in [2.24, 2.45) is 0 Å². The van der Waals surface area contributed by atoms with Crippen molar-refractivity contribution < 1.29 is 9.18 Å². The second-order valence-electron chi connectivity index (χ2n) is 6.68. The van der Waals surface area contributed by atoms with Gasteiger partial charge in [0.1, 0.15) is 5.82 Å². The fourth-order valence-electron chi connectivity index (χ4n) is 3.40. The van der Waals surface area contributed by atoms with Gasteiger partial charge in [-0.15, -0.1) is 11.8 Å². The van der Waals surface area contributed by atoms with Crippen molar-refractivity contribution in [3.05, 3.63) is 94.3 Å². The van der Waals surface area contributed by atoms with Gasteiger partial charge in [-0.2, -0.15) is 5.26 Å². The Kier molecular flexibility index (Phi) is 5.14. The number of halogens is 1. The van der Waals surface area contributed by atoms with Gasteiger partial charge in [-0.25, -0.2) is 4.39 Å². The molecule has 1 aliphatic heterocycles. The van der Waals surface area contributed by atoms with Crippen LogP contribution in [0.5, 0.6) is 0 Å². The van der Waals surface area contributed by atoms with Gasteiger partial charge < -0.3 is 5.32 Å². The Bertz CT molecular complexity index is 1120. The van der Waals surface area contributed by atoms with Crippen LogP contribution in [-0.4, -0.2) is 5.91 Å². The molecule has 0 radical (unpaired) electrons. The molecule has 3 aromatic carbocycles. The molecule has 5 heteroatoms. The molecule has 1 aliphatic rings. The maximum absolute atomic E-state index is 13.2. The summed E-state index contributed by atoms with van der Waals surface area (Å²) in [6.45, 7) is 0. The molecular formula is C23H17FN2OS. The quantitative estimate of drug-likeness (QED) is 0.664. The number of nitriles is 1. The second kappa shape index (κ2) is 7.87. The Morgan fingerprint density at radius 3 is 2.57 bits per heavy atom. The molecular weight excluding hydrogens is 371 g/mol. The monoisotopic (exact) mass is 388 g/mol. The van der Waals surface area contributed by atoms with E-state index in [4.69, 9.17) is 0 Å². The average Bonchev–Trinajstić information content (AvgIpc) is 2.72. The lowest BCUT2D eigenvalue weighted by molar-refractivity contribution is -0.120. The van der Waals surface area contributed by atoms with Crippen LogP contribution in [0.3, 0.4) is 0 Å². The topological polar surface area (TPSA) is 52.9 Å². The van der Waals surface area contributed by atoms with E-state index >= 15 is 0 Å².